The first kappa shape index (κ1) is 26.7. The first-order valence-corrected chi connectivity index (χ1v) is 13.0. The number of hydroxylamine groups is 1. The molecule has 6 rings (SSSR count). The number of hydrogen-bond acceptors (Lipinski definition) is 9. The van der Waals surface area contributed by atoms with E-state index in [4.69, 9.17) is 14.3 Å². The summed E-state index contributed by atoms with van der Waals surface area (Å²) in [5.41, 5.74) is 1.61. The Morgan fingerprint density at radius 2 is 1.50 bits per heavy atom. The Balaban J connectivity index is 1.37. The number of methoxy groups -OCH3 is 1. The van der Waals surface area contributed by atoms with E-state index in [1.54, 1.807) is 60.7 Å². The molecule has 2 saturated heterocycles. The second kappa shape index (κ2) is 10.8. The van der Waals surface area contributed by atoms with Gasteiger partial charge in [-0.15, -0.1) is 0 Å². The molecule has 0 aliphatic carbocycles. The molecule has 3 atom stereocenters. The van der Waals surface area contributed by atoms with Gasteiger partial charge in [0.05, 0.1) is 35.0 Å². The van der Waals surface area contributed by atoms with E-state index >= 15 is 0 Å². The minimum atomic E-state index is -1.14. The second-order valence-electron chi connectivity index (χ2n) is 9.61. The summed E-state index contributed by atoms with van der Waals surface area (Å²) < 4.78 is 11.1. The molecule has 0 saturated carbocycles. The van der Waals surface area contributed by atoms with Crippen LogP contribution in [0.15, 0.2) is 103 Å². The summed E-state index contributed by atoms with van der Waals surface area (Å²) in [5.74, 6) is -2.18. The fourth-order valence-corrected chi connectivity index (χ4v) is 5.22. The Morgan fingerprint density at radius 1 is 0.833 bits per heavy atom. The number of rotatable bonds is 7. The number of benzene rings is 4. The number of imide groups is 1. The number of hydrogen-bond donors (Lipinski definition) is 0. The molecule has 0 N–H and O–H groups in total. The highest BCUT2D eigenvalue weighted by Gasteiger charge is 2.60. The molecule has 11 heteroatoms. The van der Waals surface area contributed by atoms with Gasteiger partial charge in [-0.25, -0.2) is 14.8 Å². The number of para-hydroxylation sites is 1. The van der Waals surface area contributed by atoms with Crippen molar-refractivity contribution in [2.24, 2.45) is 5.92 Å². The standard InChI is InChI=1S/C31H23N3O8/c1-40-25-18-20(12-17-24(25)41-31(37)19-8-4-2-5-9-19)27-26-28(42-33(27)22-10-6-3-7-11-22)30(36)32(29(26)35)21-13-15-23(16-14-21)34(38)39/h2-18,26-28H,1H3. The summed E-state index contributed by atoms with van der Waals surface area (Å²) in [6.07, 6.45) is -1.14. The van der Waals surface area contributed by atoms with Crippen LogP contribution < -0.4 is 19.4 Å². The number of amides is 2. The zero-order valence-corrected chi connectivity index (χ0v) is 22.2. The van der Waals surface area contributed by atoms with Crippen molar-refractivity contribution in [2.75, 3.05) is 17.1 Å². The van der Waals surface area contributed by atoms with Crippen molar-refractivity contribution < 1.29 is 33.6 Å². The smallest absolute Gasteiger partial charge is 0.343 e. The van der Waals surface area contributed by atoms with Gasteiger partial charge in [0.1, 0.15) is 5.92 Å². The summed E-state index contributed by atoms with van der Waals surface area (Å²) in [6, 6.07) is 26.9. The molecule has 4 aromatic rings. The van der Waals surface area contributed by atoms with Crippen LogP contribution in [0.1, 0.15) is 22.0 Å². The third-order valence-corrected chi connectivity index (χ3v) is 7.19. The van der Waals surface area contributed by atoms with E-state index in [1.807, 2.05) is 18.2 Å². The average Bonchev–Trinajstić information content (AvgIpc) is 3.53. The lowest BCUT2D eigenvalue weighted by Gasteiger charge is -2.29. The number of fused-ring (bicyclic) bond motifs is 1. The molecule has 0 aromatic heterocycles. The molecule has 42 heavy (non-hydrogen) atoms. The van der Waals surface area contributed by atoms with Crippen LogP contribution in [-0.2, 0) is 14.4 Å². The molecule has 0 spiro atoms. The topological polar surface area (TPSA) is 129 Å². The van der Waals surface area contributed by atoms with Crippen LogP contribution in [0.3, 0.4) is 0 Å². The summed E-state index contributed by atoms with van der Waals surface area (Å²) >= 11 is 0. The molecule has 0 bridgehead atoms. The van der Waals surface area contributed by atoms with E-state index in [0.29, 0.717) is 16.8 Å². The third kappa shape index (κ3) is 4.61. The van der Waals surface area contributed by atoms with Gasteiger partial charge in [0.2, 0.25) is 5.91 Å². The second-order valence-corrected chi connectivity index (χ2v) is 9.61. The van der Waals surface area contributed by atoms with Crippen molar-refractivity contribution in [1.82, 2.24) is 0 Å². The summed E-state index contributed by atoms with van der Waals surface area (Å²) in [5, 5.41) is 12.6. The monoisotopic (exact) mass is 565 g/mol. The number of anilines is 2. The Kier molecular flexibility index (Phi) is 6.85. The quantitative estimate of drug-likeness (QED) is 0.101. The van der Waals surface area contributed by atoms with Gasteiger partial charge in [-0.3, -0.25) is 24.5 Å². The molecule has 210 valence electrons. The van der Waals surface area contributed by atoms with E-state index in [0.717, 1.165) is 4.90 Å². The van der Waals surface area contributed by atoms with E-state index in [1.165, 1.54) is 36.4 Å². The Bertz CT molecular complexity index is 1680. The minimum Gasteiger partial charge on any atom is -0.493 e. The highest BCUT2D eigenvalue weighted by atomic mass is 16.7. The number of carbonyl (C=O) groups is 3. The fourth-order valence-electron chi connectivity index (χ4n) is 5.22. The fraction of sp³-hybridized carbons (Fsp3) is 0.129. The number of esters is 1. The van der Waals surface area contributed by atoms with Crippen LogP contribution in [0.4, 0.5) is 17.1 Å². The molecule has 2 aliphatic heterocycles. The van der Waals surface area contributed by atoms with Crippen LogP contribution >= 0.6 is 0 Å². The van der Waals surface area contributed by atoms with Gasteiger partial charge in [0.15, 0.2) is 17.6 Å². The number of carbonyl (C=O) groups excluding carboxylic acids is 3. The van der Waals surface area contributed by atoms with E-state index in [9.17, 15) is 24.5 Å². The van der Waals surface area contributed by atoms with Crippen molar-refractivity contribution in [1.29, 1.82) is 0 Å². The first-order chi connectivity index (χ1) is 20.4. The maximum Gasteiger partial charge on any atom is 0.343 e. The van der Waals surface area contributed by atoms with Gasteiger partial charge < -0.3 is 9.47 Å². The Labute approximate surface area is 239 Å². The van der Waals surface area contributed by atoms with Crippen molar-refractivity contribution in [3.05, 3.63) is 124 Å². The number of nitrogens with zero attached hydrogens (tertiary/aromatic N) is 3. The molecule has 2 heterocycles. The molecule has 3 unspecified atom stereocenters. The lowest BCUT2D eigenvalue weighted by Crippen LogP contribution is -2.37. The SMILES string of the molecule is COc1cc(C2C3C(=O)N(c4ccc([N+](=O)[O-])cc4)C(=O)C3ON2c2ccccc2)ccc1OC(=O)c1ccccc1. The number of ether oxygens (including phenoxy) is 2. The Morgan fingerprint density at radius 3 is 2.14 bits per heavy atom. The summed E-state index contributed by atoms with van der Waals surface area (Å²) in [6.45, 7) is 0. The zero-order chi connectivity index (χ0) is 29.4. The van der Waals surface area contributed by atoms with Crippen LogP contribution in [0.5, 0.6) is 11.5 Å². The predicted molar refractivity (Wildman–Crippen MR) is 150 cm³/mol. The van der Waals surface area contributed by atoms with Crippen molar-refractivity contribution in [3.8, 4) is 11.5 Å². The Hall–Kier alpha value is -5.55. The summed E-state index contributed by atoms with van der Waals surface area (Å²) in [4.78, 5) is 57.8. The van der Waals surface area contributed by atoms with Gasteiger partial charge in [-0.05, 0) is 54.1 Å². The first-order valence-electron chi connectivity index (χ1n) is 13.0. The van der Waals surface area contributed by atoms with Crippen LogP contribution in [-0.4, -0.2) is 35.9 Å². The largest absolute Gasteiger partial charge is 0.493 e. The third-order valence-electron chi connectivity index (χ3n) is 7.19. The normalized spacial score (nSPS) is 19.5. The van der Waals surface area contributed by atoms with Gasteiger partial charge in [0, 0.05) is 12.1 Å². The van der Waals surface area contributed by atoms with Gasteiger partial charge in [-0.1, -0.05) is 42.5 Å². The molecule has 0 radical (unpaired) electrons. The molecular weight excluding hydrogens is 542 g/mol. The van der Waals surface area contributed by atoms with Crippen molar-refractivity contribution in [2.45, 2.75) is 12.1 Å². The lowest BCUT2D eigenvalue weighted by atomic mass is 9.90. The van der Waals surface area contributed by atoms with Crippen LogP contribution in [0, 0.1) is 16.0 Å². The van der Waals surface area contributed by atoms with Gasteiger partial charge >= 0.3 is 5.97 Å². The molecule has 4 aromatic carbocycles. The highest BCUT2D eigenvalue weighted by Crippen LogP contribution is 2.48. The molecule has 11 nitrogen and oxygen atoms in total. The molecule has 2 aliphatic rings. The van der Waals surface area contributed by atoms with E-state index < -0.39 is 40.8 Å². The van der Waals surface area contributed by atoms with E-state index in [-0.39, 0.29) is 22.9 Å². The van der Waals surface area contributed by atoms with Gasteiger partial charge in [0.25, 0.3) is 11.6 Å². The lowest BCUT2D eigenvalue weighted by molar-refractivity contribution is -0.384. The number of non-ortho nitro benzene ring substituents is 1. The minimum absolute atomic E-state index is 0.164. The van der Waals surface area contributed by atoms with Crippen molar-refractivity contribution >= 4 is 34.8 Å². The number of nitro groups is 1. The van der Waals surface area contributed by atoms with Gasteiger partial charge in [-0.2, -0.15) is 0 Å². The zero-order valence-electron chi connectivity index (χ0n) is 22.2. The number of nitro benzene ring substituents is 1. The van der Waals surface area contributed by atoms with Crippen LogP contribution in [0.2, 0.25) is 0 Å². The molecular formula is C31H23N3O8. The maximum absolute atomic E-state index is 13.9. The molecule has 2 fully saturated rings. The highest BCUT2D eigenvalue weighted by molar-refractivity contribution is 6.24. The van der Waals surface area contributed by atoms with E-state index in [2.05, 4.69) is 0 Å². The van der Waals surface area contributed by atoms with Crippen molar-refractivity contribution in [3.63, 3.8) is 0 Å². The predicted octanol–water partition coefficient (Wildman–Crippen LogP) is 4.87. The van der Waals surface area contributed by atoms with Crippen LogP contribution in [0.25, 0.3) is 0 Å². The maximum atomic E-state index is 13.9. The summed E-state index contributed by atoms with van der Waals surface area (Å²) in [7, 11) is 1.43. The molecule has 2 amide bonds. The average molecular weight is 566 g/mol.